The first-order valence-electron chi connectivity index (χ1n) is 7.50. The van der Waals surface area contributed by atoms with Crippen LogP contribution in [0.4, 0.5) is 5.69 Å². The van der Waals surface area contributed by atoms with Crippen LogP contribution in [0.5, 0.6) is 5.75 Å². The van der Waals surface area contributed by atoms with Gasteiger partial charge in [-0.15, -0.1) is 0 Å². The lowest BCUT2D eigenvalue weighted by Crippen LogP contribution is -2.35. The fraction of sp³-hybridized carbons (Fsp3) is 0.438. The number of carbonyl (C=O) groups is 3. The summed E-state index contributed by atoms with van der Waals surface area (Å²) < 4.78 is 14.8. The van der Waals surface area contributed by atoms with Crippen LogP contribution in [0.3, 0.4) is 0 Å². The van der Waals surface area contributed by atoms with E-state index in [-0.39, 0.29) is 24.0 Å². The number of ether oxygens (including phenoxy) is 3. The zero-order valence-corrected chi connectivity index (χ0v) is 14.3. The average Bonchev–Trinajstić information content (AvgIpc) is 2.51. The fourth-order valence-corrected chi connectivity index (χ4v) is 1.83. The van der Waals surface area contributed by atoms with Gasteiger partial charge in [-0.2, -0.15) is 0 Å². The molecule has 0 radical (unpaired) electrons. The molecule has 136 valence electrons. The van der Waals surface area contributed by atoms with Crippen LogP contribution < -0.4 is 4.74 Å². The normalized spacial score (nSPS) is 11.6. The molecule has 1 aromatic carbocycles. The van der Waals surface area contributed by atoms with Crippen LogP contribution in [0.2, 0.25) is 0 Å². The van der Waals surface area contributed by atoms with E-state index >= 15 is 0 Å². The molecule has 0 aliphatic heterocycles. The van der Waals surface area contributed by atoms with Crippen molar-refractivity contribution in [3.63, 3.8) is 0 Å². The molecule has 0 saturated carbocycles. The number of nitro groups is 1. The van der Waals surface area contributed by atoms with Gasteiger partial charge < -0.3 is 14.2 Å². The standard InChI is InChI=1S/C16H19NO8/c1-5-23-16(20)14(10(4)18)25-15(19)11-6-7-13(24-9(2)3)12(8-11)17(21)22/h6-9,14H,5H2,1-4H3. The highest BCUT2D eigenvalue weighted by Crippen LogP contribution is 2.29. The van der Waals surface area contributed by atoms with Crippen molar-refractivity contribution in [3.8, 4) is 5.75 Å². The van der Waals surface area contributed by atoms with Gasteiger partial charge in [0.2, 0.25) is 0 Å². The smallest absolute Gasteiger partial charge is 0.355 e. The molecule has 9 heteroatoms. The van der Waals surface area contributed by atoms with Crippen LogP contribution in [0.1, 0.15) is 38.1 Å². The predicted octanol–water partition coefficient (Wildman–Crippen LogP) is 2.06. The Balaban J connectivity index is 3.08. The Hall–Kier alpha value is -2.97. The molecular formula is C16H19NO8. The van der Waals surface area contributed by atoms with E-state index < -0.39 is 34.4 Å². The highest BCUT2D eigenvalue weighted by molar-refractivity contribution is 6.04. The van der Waals surface area contributed by atoms with Crippen LogP contribution in [-0.4, -0.2) is 41.5 Å². The summed E-state index contributed by atoms with van der Waals surface area (Å²) in [5, 5.41) is 11.1. The minimum Gasteiger partial charge on any atom is -0.484 e. The quantitative estimate of drug-likeness (QED) is 0.301. The molecule has 9 nitrogen and oxygen atoms in total. The van der Waals surface area contributed by atoms with Gasteiger partial charge >= 0.3 is 17.6 Å². The van der Waals surface area contributed by atoms with E-state index in [1.54, 1.807) is 13.8 Å². The molecular weight excluding hydrogens is 334 g/mol. The lowest BCUT2D eigenvalue weighted by Gasteiger charge is -2.14. The van der Waals surface area contributed by atoms with Gasteiger partial charge in [-0.1, -0.05) is 0 Å². The van der Waals surface area contributed by atoms with Crippen molar-refractivity contribution in [2.75, 3.05) is 6.61 Å². The van der Waals surface area contributed by atoms with E-state index in [1.165, 1.54) is 19.1 Å². The number of rotatable bonds is 8. The molecule has 0 amide bonds. The molecule has 0 aliphatic carbocycles. The Morgan fingerprint density at radius 1 is 1.24 bits per heavy atom. The highest BCUT2D eigenvalue weighted by atomic mass is 16.6. The topological polar surface area (TPSA) is 122 Å². The molecule has 0 saturated heterocycles. The number of nitro benzene ring substituents is 1. The Bertz CT molecular complexity index is 683. The second-order valence-corrected chi connectivity index (χ2v) is 5.25. The van der Waals surface area contributed by atoms with Crippen LogP contribution in [0.15, 0.2) is 18.2 Å². The molecule has 0 aromatic heterocycles. The molecule has 0 fully saturated rings. The minimum atomic E-state index is -1.72. The Morgan fingerprint density at radius 3 is 2.36 bits per heavy atom. The Labute approximate surface area is 144 Å². The van der Waals surface area contributed by atoms with Crippen molar-refractivity contribution in [2.45, 2.75) is 39.9 Å². The van der Waals surface area contributed by atoms with Gasteiger partial charge in [0.05, 0.1) is 23.2 Å². The number of carbonyl (C=O) groups excluding carboxylic acids is 3. The van der Waals surface area contributed by atoms with E-state index in [4.69, 9.17) is 9.47 Å². The molecule has 1 unspecified atom stereocenters. The maximum atomic E-state index is 12.1. The second-order valence-electron chi connectivity index (χ2n) is 5.25. The first-order valence-corrected chi connectivity index (χ1v) is 7.50. The van der Waals surface area contributed by atoms with Gasteiger partial charge in [0.15, 0.2) is 11.5 Å². The molecule has 0 spiro atoms. The molecule has 0 aliphatic rings. The van der Waals surface area contributed by atoms with Crippen LogP contribution in [0.25, 0.3) is 0 Å². The monoisotopic (exact) mass is 353 g/mol. The van der Waals surface area contributed by atoms with Gasteiger partial charge in [-0.05, 0) is 39.8 Å². The number of hydrogen-bond donors (Lipinski definition) is 0. The average molecular weight is 353 g/mol. The van der Waals surface area contributed by atoms with Crippen LogP contribution >= 0.6 is 0 Å². The van der Waals surface area contributed by atoms with Crippen LogP contribution in [-0.2, 0) is 19.1 Å². The van der Waals surface area contributed by atoms with Gasteiger partial charge in [-0.3, -0.25) is 14.9 Å². The largest absolute Gasteiger partial charge is 0.484 e. The highest BCUT2D eigenvalue weighted by Gasteiger charge is 2.30. The zero-order chi connectivity index (χ0) is 19.1. The summed E-state index contributed by atoms with van der Waals surface area (Å²) in [5.74, 6) is -2.80. The van der Waals surface area contributed by atoms with Crippen molar-refractivity contribution in [1.82, 2.24) is 0 Å². The summed E-state index contributed by atoms with van der Waals surface area (Å²) in [5.41, 5.74) is -0.628. The summed E-state index contributed by atoms with van der Waals surface area (Å²) in [6.45, 7) is 6.00. The summed E-state index contributed by atoms with van der Waals surface area (Å²) in [7, 11) is 0. The van der Waals surface area contributed by atoms with Gasteiger partial charge in [0.25, 0.3) is 6.10 Å². The first-order chi connectivity index (χ1) is 11.7. The molecule has 1 atom stereocenters. The lowest BCUT2D eigenvalue weighted by atomic mass is 10.2. The summed E-state index contributed by atoms with van der Waals surface area (Å²) in [6.07, 6.45) is -2.03. The lowest BCUT2D eigenvalue weighted by molar-refractivity contribution is -0.386. The molecule has 1 aromatic rings. The molecule has 0 heterocycles. The maximum Gasteiger partial charge on any atom is 0.355 e. The third kappa shape index (κ3) is 5.55. The summed E-state index contributed by atoms with van der Waals surface area (Å²) in [6, 6.07) is 3.46. The van der Waals surface area contributed by atoms with Crippen molar-refractivity contribution >= 4 is 23.4 Å². The number of nitrogens with zero attached hydrogens (tertiary/aromatic N) is 1. The van der Waals surface area contributed by atoms with Crippen LogP contribution in [0, 0.1) is 10.1 Å². The fourth-order valence-electron chi connectivity index (χ4n) is 1.83. The zero-order valence-electron chi connectivity index (χ0n) is 14.3. The third-order valence-electron chi connectivity index (χ3n) is 2.85. The van der Waals surface area contributed by atoms with E-state index in [2.05, 4.69) is 4.74 Å². The number of benzene rings is 1. The van der Waals surface area contributed by atoms with E-state index in [1.807, 2.05) is 0 Å². The second kappa shape index (κ2) is 8.76. The minimum absolute atomic E-state index is 0.00682. The van der Waals surface area contributed by atoms with Gasteiger partial charge in [-0.25, -0.2) is 9.59 Å². The van der Waals surface area contributed by atoms with Gasteiger partial charge in [0.1, 0.15) is 0 Å². The molecule has 0 bridgehead atoms. The number of esters is 2. The SMILES string of the molecule is CCOC(=O)C(OC(=O)c1ccc(OC(C)C)c([N+](=O)[O-])c1)C(C)=O. The van der Waals surface area contributed by atoms with E-state index in [0.29, 0.717) is 0 Å². The van der Waals surface area contributed by atoms with Gasteiger partial charge in [0, 0.05) is 6.07 Å². The van der Waals surface area contributed by atoms with Crippen molar-refractivity contribution < 1.29 is 33.5 Å². The molecule has 25 heavy (non-hydrogen) atoms. The van der Waals surface area contributed by atoms with E-state index in [9.17, 15) is 24.5 Å². The molecule has 1 rings (SSSR count). The maximum absolute atomic E-state index is 12.1. The predicted molar refractivity (Wildman–Crippen MR) is 85.4 cm³/mol. The van der Waals surface area contributed by atoms with Crippen molar-refractivity contribution in [2.24, 2.45) is 0 Å². The number of ketones is 1. The van der Waals surface area contributed by atoms with Crippen molar-refractivity contribution in [1.29, 1.82) is 0 Å². The van der Waals surface area contributed by atoms with E-state index in [0.717, 1.165) is 13.0 Å². The molecule has 0 N–H and O–H groups in total. The number of hydrogen-bond acceptors (Lipinski definition) is 8. The van der Waals surface area contributed by atoms with Crippen molar-refractivity contribution in [3.05, 3.63) is 33.9 Å². The first kappa shape index (κ1) is 20.1. The third-order valence-corrected chi connectivity index (χ3v) is 2.85. The number of Topliss-reactive ketones (excluding diaryl/α,β-unsaturated/α-hetero) is 1. The Kier molecular flexibility index (Phi) is 7.04. The summed E-state index contributed by atoms with van der Waals surface area (Å²) >= 11 is 0. The Morgan fingerprint density at radius 2 is 1.88 bits per heavy atom. The summed E-state index contributed by atoms with van der Waals surface area (Å²) in [4.78, 5) is 45.7.